The van der Waals surface area contributed by atoms with Gasteiger partial charge in [0.15, 0.2) is 5.82 Å². The molecule has 0 N–H and O–H groups in total. The average Bonchev–Trinajstić information content (AvgIpc) is 3.41. The first kappa shape index (κ1) is 38.9. The molecule has 11 aromatic carbocycles. The van der Waals surface area contributed by atoms with Crippen LogP contribution in [0.2, 0.25) is 0 Å². The van der Waals surface area contributed by atoms with Crippen molar-refractivity contribution in [1.82, 2.24) is 9.97 Å². The molecule has 0 bridgehead atoms. The lowest BCUT2D eigenvalue weighted by Crippen LogP contribution is -1.96. The molecule has 308 valence electrons. The highest BCUT2D eigenvalue weighted by Crippen LogP contribution is 2.38. The van der Waals surface area contributed by atoms with Crippen molar-refractivity contribution in [2.45, 2.75) is 0 Å². The first-order valence-corrected chi connectivity index (χ1v) is 22.5. The SMILES string of the molecule is c1ccc(-c2cc(-c3ccccc3)cc(-c3cccc(-c4cccc(-c5ccc(-c6ccc(-c7nc(-c8ccc9ccccc9c8)nc8ccc9ccccc9c78)cc6)cc5)c4)c3)c2)cc1. The molecule has 2 nitrogen and oxygen atoms in total. The van der Waals surface area contributed by atoms with E-state index in [2.05, 4.69) is 255 Å². The van der Waals surface area contributed by atoms with Crippen LogP contribution >= 0.6 is 0 Å². The van der Waals surface area contributed by atoms with Crippen LogP contribution in [0.1, 0.15) is 0 Å². The number of aromatic nitrogens is 2. The molecule has 66 heavy (non-hydrogen) atoms. The van der Waals surface area contributed by atoms with Gasteiger partial charge in [-0.25, -0.2) is 9.97 Å². The van der Waals surface area contributed by atoms with Gasteiger partial charge in [-0.05, 0) is 131 Å². The summed E-state index contributed by atoms with van der Waals surface area (Å²) in [4.78, 5) is 10.5. The molecule has 12 rings (SSSR count). The standard InChI is InChI=1S/C64H42N2/c1-3-13-43(14-4-1)57-40-58(44-15-5-2-6-16-44)42-59(41-57)55-23-12-22-54(38-55)53-21-11-20-52(37-53)48-27-25-46(26-28-48)47-29-32-50(33-30-47)63-62-60-24-10-9-18-49(60)35-36-61(62)65-64(66-63)56-34-31-45-17-7-8-19-51(45)39-56/h1-42H. The summed E-state index contributed by atoms with van der Waals surface area (Å²) in [5.41, 5.74) is 18.2. The van der Waals surface area contributed by atoms with E-state index in [-0.39, 0.29) is 0 Å². The summed E-state index contributed by atoms with van der Waals surface area (Å²) in [5, 5.41) is 5.76. The lowest BCUT2D eigenvalue weighted by Gasteiger charge is -2.13. The van der Waals surface area contributed by atoms with Gasteiger partial charge in [-0.2, -0.15) is 0 Å². The molecule has 0 saturated heterocycles. The summed E-state index contributed by atoms with van der Waals surface area (Å²) in [6, 6.07) is 91.5. The number of fused-ring (bicyclic) bond motifs is 4. The minimum atomic E-state index is 0.723. The quantitative estimate of drug-likeness (QED) is 0.143. The topological polar surface area (TPSA) is 25.8 Å². The molecule has 0 atom stereocenters. The fourth-order valence-electron chi connectivity index (χ4n) is 9.39. The third kappa shape index (κ3) is 7.51. The molecule has 0 fully saturated rings. The molecule has 2 heteroatoms. The summed E-state index contributed by atoms with van der Waals surface area (Å²) in [7, 11) is 0. The van der Waals surface area contributed by atoms with Crippen molar-refractivity contribution in [1.29, 1.82) is 0 Å². The summed E-state index contributed by atoms with van der Waals surface area (Å²) in [5.74, 6) is 0.723. The second-order valence-corrected chi connectivity index (χ2v) is 17.0. The van der Waals surface area contributed by atoms with Gasteiger partial charge in [0.1, 0.15) is 0 Å². The molecule has 12 aromatic rings. The number of hydrogen-bond acceptors (Lipinski definition) is 2. The van der Waals surface area contributed by atoms with E-state index in [0.717, 1.165) is 50.1 Å². The third-order valence-electron chi connectivity index (χ3n) is 12.8. The summed E-state index contributed by atoms with van der Waals surface area (Å²) < 4.78 is 0. The zero-order chi connectivity index (χ0) is 43.8. The Balaban J connectivity index is 0.844. The van der Waals surface area contributed by atoms with E-state index in [1.165, 1.54) is 71.8 Å². The number of nitrogens with zero attached hydrogens (tertiary/aromatic N) is 2. The van der Waals surface area contributed by atoms with Crippen molar-refractivity contribution in [2.75, 3.05) is 0 Å². The van der Waals surface area contributed by atoms with Gasteiger partial charge in [-0.1, -0.05) is 212 Å². The maximum absolute atomic E-state index is 5.31. The highest BCUT2D eigenvalue weighted by atomic mass is 14.9. The van der Waals surface area contributed by atoms with Crippen molar-refractivity contribution in [3.63, 3.8) is 0 Å². The maximum Gasteiger partial charge on any atom is 0.160 e. The van der Waals surface area contributed by atoms with Crippen LogP contribution in [0.25, 0.3) is 122 Å². The first-order valence-electron chi connectivity index (χ1n) is 22.5. The van der Waals surface area contributed by atoms with E-state index in [9.17, 15) is 0 Å². The minimum Gasteiger partial charge on any atom is -0.228 e. The highest BCUT2D eigenvalue weighted by molar-refractivity contribution is 6.12. The maximum atomic E-state index is 5.31. The first-order chi connectivity index (χ1) is 32.7. The van der Waals surface area contributed by atoms with Crippen molar-refractivity contribution in [2.24, 2.45) is 0 Å². The number of hydrogen-bond donors (Lipinski definition) is 0. The largest absolute Gasteiger partial charge is 0.228 e. The van der Waals surface area contributed by atoms with Gasteiger partial charge in [0.25, 0.3) is 0 Å². The number of benzene rings is 11. The van der Waals surface area contributed by atoms with Gasteiger partial charge in [-0.15, -0.1) is 0 Å². The van der Waals surface area contributed by atoms with Crippen molar-refractivity contribution >= 4 is 32.4 Å². The monoisotopic (exact) mass is 838 g/mol. The fourth-order valence-corrected chi connectivity index (χ4v) is 9.39. The van der Waals surface area contributed by atoms with Gasteiger partial charge in [-0.3, -0.25) is 0 Å². The van der Waals surface area contributed by atoms with Gasteiger partial charge < -0.3 is 0 Å². The highest BCUT2D eigenvalue weighted by Gasteiger charge is 2.16. The molecule has 0 spiro atoms. The van der Waals surface area contributed by atoms with Crippen LogP contribution in [-0.2, 0) is 0 Å². The van der Waals surface area contributed by atoms with Crippen molar-refractivity contribution in [3.05, 3.63) is 255 Å². The average molecular weight is 839 g/mol. The zero-order valence-electron chi connectivity index (χ0n) is 36.1. The Labute approximate surface area is 384 Å². The smallest absolute Gasteiger partial charge is 0.160 e. The Kier molecular flexibility index (Phi) is 9.89. The van der Waals surface area contributed by atoms with Crippen molar-refractivity contribution < 1.29 is 0 Å². The summed E-state index contributed by atoms with van der Waals surface area (Å²) >= 11 is 0. The van der Waals surface area contributed by atoms with Gasteiger partial charge in [0, 0.05) is 16.5 Å². The molecule has 0 amide bonds. The van der Waals surface area contributed by atoms with E-state index in [4.69, 9.17) is 9.97 Å². The van der Waals surface area contributed by atoms with Crippen LogP contribution in [0.3, 0.4) is 0 Å². The predicted octanol–water partition coefficient (Wildman–Crippen LogP) is 17.3. The molecule has 0 aliphatic heterocycles. The molecule has 1 heterocycles. The second-order valence-electron chi connectivity index (χ2n) is 17.0. The molecule has 0 unspecified atom stereocenters. The molecular formula is C64H42N2. The van der Waals surface area contributed by atoms with Crippen LogP contribution in [0.15, 0.2) is 255 Å². The molecular weight excluding hydrogens is 797 g/mol. The van der Waals surface area contributed by atoms with E-state index in [0.29, 0.717) is 0 Å². The van der Waals surface area contributed by atoms with Crippen LogP contribution in [0, 0.1) is 0 Å². The molecule has 0 radical (unpaired) electrons. The molecule has 0 saturated carbocycles. The second kappa shape index (κ2) is 16.8. The van der Waals surface area contributed by atoms with Gasteiger partial charge in [0.2, 0.25) is 0 Å². The predicted molar refractivity (Wildman–Crippen MR) is 278 cm³/mol. The zero-order valence-corrected chi connectivity index (χ0v) is 36.1. The fraction of sp³-hybridized carbons (Fsp3) is 0. The van der Waals surface area contributed by atoms with E-state index >= 15 is 0 Å². The Morgan fingerprint density at radius 2 is 0.606 bits per heavy atom. The van der Waals surface area contributed by atoms with E-state index in [1.54, 1.807) is 0 Å². The summed E-state index contributed by atoms with van der Waals surface area (Å²) in [6.07, 6.45) is 0. The van der Waals surface area contributed by atoms with Gasteiger partial charge in [0.05, 0.1) is 11.2 Å². The van der Waals surface area contributed by atoms with Crippen LogP contribution in [0.4, 0.5) is 0 Å². The Morgan fingerprint density at radius 1 is 0.212 bits per heavy atom. The summed E-state index contributed by atoms with van der Waals surface area (Å²) in [6.45, 7) is 0. The minimum absolute atomic E-state index is 0.723. The van der Waals surface area contributed by atoms with Crippen LogP contribution in [0.5, 0.6) is 0 Å². The molecule has 1 aromatic heterocycles. The lowest BCUT2D eigenvalue weighted by molar-refractivity contribution is 1.23. The molecule has 0 aliphatic rings. The van der Waals surface area contributed by atoms with Gasteiger partial charge >= 0.3 is 0 Å². The Morgan fingerprint density at radius 3 is 1.21 bits per heavy atom. The molecule has 0 aliphatic carbocycles. The van der Waals surface area contributed by atoms with Crippen LogP contribution in [-0.4, -0.2) is 9.97 Å². The Bertz CT molecular complexity index is 3670. The van der Waals surface area contributed by atoms with Crippen molar-refractivity contribution in [3.8, 4) is 89.4 Å². The van der Waals surface area contributed by atoms with E-state index in [1.807, 2.05) is 0 Å². The van der Waals surface area contributed by atoms with E-state index < -0.39 is 0 Å². The normalized spacial score (nSPS) is 11.3. The lowest BCUT2D eigenvalue weighted by atomic mass is 9.91. The number of rotatable bonds is 8. The van der Waals surface area contributed by atoms with Crippen LogP contribution < -0.4 is 0 Å². The Hall–Kier alpha value is -8.72. The third-order valence-corrected chi connectivity index (χ3v) is 12.8.